The molecule has 0 atom stereocenters. The molecule has 1 aliphatic rings. The second-order valence-electron chi connectivity index (χ2n) is 4.10. The maximum absolute atomic E-state index is 11.0. The molecule has 0 fully saturated rings. The molecule has 4 nitrogen and oxygen atoms in total. The van der Waals surface area contributed by atoms with E-state index in [0.29, 0.717) is 5.69 Å². The fourth-order valence-electron chi connectivity index (χ4n) is 2.26. The maximum atomic E-state index is 11.0. The van der Waals surface area contributed by atoms with Crippen molar-refractivity contribution in [2.45, 2.75) is 13.0 Å². The standard InChI is InChI=1S/C13H13N3O/c17-9-12-11-6-7-14-8-13(11)16(15-12)10-4-2-1-3-5-10/h1-5,9,14H,6-8H2. The Balaban J connectivity index is 2.17. The summed E-state index contributed by atoms with van der Waals surface area (Å²) in [6, 6.07) is 9.91. The zero-order valence-electron chi connectivity index (χ0n) is 9.39. The lowest BCUT2D eigenvalue weighted by Crippen LogP contribution is -2.25. The Bertz CT molecular complexity index is 545. The largest absolute Gasteiger partial charge is 0.311 e. The molecule has 0 bridgehead atoms. The van der Waals surface area contributed by atoms with Crippen LogP contribution in [0.25, 0.3) is 5.69 Å². The number of nitrogens with zero attached hydrogens (tertiary/aromatic N) is 2. The number of aldehydes is 1. The Morgan fingerprint density at radius 2 is 2.12 bits per heavy atom. The molecule has 0 radical (unpaired) electrons. The number of aromatic nitrogens is 2. The van der Waals surface area contributed by atoms with Crippen LogP contribution in [-0.2, 0) is 13.0 Å². The molecule has 1 N–H and O–H groups in total. The van der Waals surface area contributed by atoms with Gasteiger partial charge < -0.3 is 5.32 Å². The Morgan fingerprint density at radius 1 is 1.29 bits per heavy atom. The van der Waals surface area contributed by atoms with Crippen LogP contribution in [-0.4, -0.2) is 22.6 Å². The van der Waals surface area contributed by atoms with Gasteiger partial charge in [0.1, 0.15) is 5.69 Å². The third-order valence-electron chi connectivity index (χ3n) is 3.08. The van der Waals surface area contributed by atoms with Gasteiger partial charge in [0.05, 0.1) is 11.4 Å². The molecule has 2 aromatic rings. The Morgan fingerprint density at radius 3 is 2.88 bits per heavy atom. The lowest BCUT2D eigenvalue weighted by atomic mass is 10.1. The highest BCUT2D eigenvalue weighted by molar-refractivity contribution is 5.75. The minimum absolute atomic E-state index is 0.574. The topological polar surface area (TPSA) is 46.9 Å². The van der Waals surface area contributed by atoms with Crippen molar-refractivity contribution in [2.75, 3.05) is 6.54 Å². The zero-order valence-corrected chi connectivity index (χ0v) is 9.39. The molecule has 0 saturated carbocycles. The highest BCUT2D eigenvalue weighted by Gasteiger charge is 2.20. The summed E-state index contributed by atoms with van der Waals surface area (Å²) >= 11 is 0. The molecule has 1 aromatic carbocycles. The van der Waals surface area contributed by atoms with E-state index in [2.05, 4.69) is 10.4 Å². The van der Waals surface area contributed by atoms with Gasteiger partial charge >= 0.3 is 0 Å². The number of hydrogen-bond donors (Lipinski definition) is 1. The van der Waals surface area contributed by atoms with Gasteiger partial charge in [0.2, 0.25) is 0 Å². The average molecular weight is 227 g/mol. The van der Waals surface area contributed by atoms with Crippen LogP contribution in [0.2, 0.25) is 0 Å². The fourth-order valence-corrected chi connectivity index (χ4v) is 2.26. The van der Waals surface area contributed by atoms with Crippen LogP contribution in [0.1, 0.15) is 21.7 Å². The summed E-state index contributed by atoms with van der Waals surface area (Å²) in [7, 11) is 0. The number of nitrogens with one attached hydrogen (secondary N) is 1. The van der Waals surface area contributed by atoms with E-state index in [1.807, 2.05) is 35.0 Å². The second kappa shape index (κ2) is 4.14. The quantitative estimate of drug-likeness (QED) is 0.787. The minimum atomic E-state index is 0.574. The summed E-state index contributed by atoms with van der Waals surface area (Å²) in [6.45, 7) is 1.68. The Labute approximate surface area is 99.3 Å². The highest BCUT2D eigenvalue weighted by atomic mass is 16.1. The number of fused-ring (bicyclic) bond motifs is 1. The summed E-state index contributed by atoms with van der Waals surface area (Å²) in [6.07, 6.45) is 1.72. The first kappa shape index (κ1) is 10.2. The molecule has 86 valence electrons. The van der Waals surface area contributed by atoms with E-state index < -0.39 is 0 Å². The van der Waals surface area contributed by atoms with Crippen LogP contribution >= 0.6 is 0 Å². The lowest BCUT2D eigenvalue weighted by Gasteiger charge is -2.15. The number of carbonyl (C=O) groups excluding carboxylic acids is 1. The SMILES string of the molecule is O=Cc1nn(-c2ccccc2)c2c1CCNC2. The molecule has 17 heavy (non-hydrogen) atoms. The van der Waals surface area contributed by atoms with E-state index >= 15 is 0 Å². The van der Waals surface area contributed by atoms with E-state index in [4.69, 9.17) is 0 Å². The molecule has 0 aliphatic carbocycles. The van der Waals surface area contributed by atoms with Crippen LogP contribution < -0.4 is 5.32 Å². The molecule has 3 rings (SSSR count). The molecule has 0 amide bonds. The van der Waals surface area contributed by atoms with Crippen molar-refractivity contribution < 1.29 is 4.79 Å². The predicted molar refractivity (Wildman–Crippen MR) is 64.4 cm³/mol. The van der Waals surface area contributed by atoms with Gasteiger partial charge in [0.15, 0.2) is 6.29 Å². The smallest absolute Gasteiger partial charge is 0.170 e. The second-order valence-corrected chi connectivity index (χ2v) is 4.10. The molecule has 2 heterocycles. The minimum Gasteiger partial charge on any atom is -0.311 e. The van der Waals surface area contributed by atoms with Crippen LogP contribution in [0.3, 0.4) is 0 Å². The first-order valence-electron chi connectivity index (χ1n) is 5.72. The summed E-state index contributed by atoms with van der Waals surface area (Å²) in [5.74, 6) is 0. The first-order chi connectivity index (χ1) is 8.40. The number of hydrogen-bond acceptors (Lipinski definition) is 3. The third-order valence-corrected chi connectivity index (χ3v) is 3.08. The summed E-state index contributed by atoms with van der Waals surface area (Å²) in [4.78, 5) is 11.0. The summed E-state index contributed by atoms with van der Waals surface area (Å²) in [5.41, 5.74) is 3.76. The van der Waals surface area contributed by atoms with Crippen molar-refractivity contribution in [3.63, 3.8) is 0 Å². The number of benzene rings is 1. The van der Waals surface area contributed by atoms with Gasteiger partial charge in [0.25, 0.3) is 0 Å². The van der Waals surface area contributed by atoms with Crippen LogP contribution in [0.15, 0.2) is 30.3 Å². The van der Waals surface area contributed by atoms with Crippen molar-refractivity contribution in [3.8, 4) is 5.69 Å². The van der Waals surface area contributed by atoms with E-state index in [9.17, 15) is 4.79 Å². The van der Waals surface area contributed by atoms with Gasteiger partial charge in [-0.15, -0.1) is 0 Å². The van der Waals surface area contributed by atoms with Crippen LogP contribution in [0.4, 0.5) is 0 Å². The molecule has 4 heteroatoms. The summed E-state index contributed by atoms with van der Waals surface area (Å²) < 4.78 is 1.87. The van der Waals surface area contributed by atoms with Crippen molar-refractivity contribution in [3.05, 3.63) is 47.3 Å². The van der Waals surface area contributed by atoms with Gasteiger partial charge in [-0.1, -0.05) is 18.2 Å². The Hall–Kier alpha value is -1.94. The predicted octanol–water partition coefficient (Wildman–Crippen LogP) is 1.33. The van der Waals surface area contributed by atoms with Crippen molar-refractivity contribution in [1.29, 1.82) is 0 Å². The van der Waals surface area contributed by atoms with Gasteiger partial charge in [-0.3, -0.25) is 4.79 Å². The highest BCUT2D eigenvalue weighted by Crippen LogP contribution is 2.20. The van der Waals surface area contributed by atoms with Crippen molar-refractivity contribution in [2.24, 2.45) is 0 Å². The molecule has 1 aliphatic heterocycles. The fraction of sp³-hybridized carbons (Fsp3) is 0.231. The van der Waals surface area contributed by atoms with Crippen molar-refractivity contribution in [1.82, 2.24) is 15.1 Å². The zero-order chi connectivity index (χ0) is 11.7. The van der Waals surface area contributed by atoms with Gasteiger partial charge in [0, 0.05) is 12.1 Å². The first-order valence-corrected chi connectivity index (χ1v) is 5.72. The number of rotatable bonds is 2. The van der Waals surface area contributed by atoms with E-state index in [-0.39, 0.29) is 0 Å². The lowest BCUT2D eigenvalue weighted by molar-refractivity contribution is 0.111. The van der Waals surface area contributed by atoms with Crippen LogP contribution in [0, 0.1) is 0 Å². The van der Waals surface area contributed by atoms with Gasteiger partial charge in [-0.25, -0.2) is 4.68 Å². The third kappa shape index (κ3) is 1.66. The van der Waals surface area contributed by atoms with E-state index in [0.717, 1.165) is 42.7 Å². The normalized spacial score (nSPS) is 14.4. The molecular weight excluding hydrogens is 214 g/mol. The monoisotopic (exact) mass is 227 g/mol. The molecule has 0 spiro atoms. The van der Waals surface area contributed by atoms with Gasteiger partial charge in [-0.05, 0) is 25.1 Å². The maximum Gasteiger partial charge on any atom is 0.170 e. The van der Waals surface area contributed by atoms with Crippen LogP contribution in [0.5, 0.6) is 0 Å². The van der Waals surface area contributed by atoms with Crippen molar-refractivity contribution >= 4 is 6.29 Å². The molecule has 0 unspecified atom stereocenters. The number of para-hydroxylation sites is 1. The summed E-state index contributed by atoms with van der Waals surface area (Å²) in [5, 5.41) is 7.70. The molecule has 1 aromatic heterocycles. The molecule has 0 saturated heterocycles. The average Bonchev–Trinajstić information content (AvgIpc) is 2.78. The van der Waals surface area contributed by atoms with E-state index in [1.54, 1.807) is 0 Å². The Kier molecular flexibility index (Phi) is 2.49. The number of carbonyl (C=O) groups is 1. The molecular formula is C13H13N3O. The van der Waals surface area contributed by atoms with E-state index in [1.165, 1.54) is 0 Å². The van der Waals surface area contributed by atoms with Gasteiger partial charge in [-0.2, -0.15) is 5.10 Å².